The Morgan fingerprint density at radius 3 is 3.25 bits per heavy atom. The second kappa shape index (κ2) is 3.01. The quantitative estimate of drug-likeness (QED) is 0.596. The summed E-state index contributed by atoms with van der Waals surface area (Å²) in [6, 6.07) is 1.95. The Morgan fingerprint density at radius 1 is 1.50 bits per heavy atom. The lowest BCUT2D eigenvalue weighted by Gasteiger charge is -2.10. The Labute approximate surface area is 71.0 Å². The van der Waals surface area contributed by atoms with E-state index in [4.69, 9.17) is 9.25 Å². The maximum absolute atomic E-state index is 5.30. The number of hydrogen-bond donors (Lipinski definition) is 0. The van der Waals surface area contributed by atoms with Gasteiger partial charge in [-0.1, -0.05) is 5.16 Å². The molecule has 0 unspecified atom stereocenters. The molecule has 0 aromatic carbocycles. The monoisotopic (exact) mass is 165 g/mol. The summed E-state index contributed by atoms with van der Waals surface area (Å²) in [5, 5.41) is 3.95. The van der Waals surface area contributed by atoms with Crippen molar-refractivity contribution >= 4 is 5.71 Å². The Morgan fingerprint density at radius 2 is 2.42 bits per heavy atom. The molecule has 0 saturated carbocycles. The highest BCUT2D eigenvalue weighted by Gasteiger charge is 2.18. The molecule has 3 nitrogen and oxygen atoms in total. The molecular weight excluding hydrogens is 154 g/mol. The van der Waals surface area contributed by atoms with Crippen LogP contribution in [0.4, 0.5) is 0 Å². The molecule has 64 valence electrons. The number of oxime groups is 1. The van der Waals surface area contributed by atoms with Gasteiger partial charge in [0.25, 0.3) is 0 Å². The summed E-state index contributed by atoms with van der Waals surface area (Å²) >= 11 is 0. The van der Waals surface area contributed by atoms with Crippen molar-refractivity contribution in [3.63, 3.8) is 0 Å². The third-order valence-corrected chi connectivity index (χ3v) is 2.08. The van der Waals surface area contributed by atoms with Crippen LogP contribution < -0.4 is 0 Å². The van der Waals surface area contributed by atoms with Crippen LogP contribution in [-0.4, -0.2) is 12.8 Å². The van der Waals surface area contributed by atoms with Gasteiger partial charge in [0.05, 0.1) is 12.0 Å². The molecule has 0 bridgehead atoms. The molecule has 0 aliphatic heterocycles. The van der Waals surface area contributed by atoms with E-state index >= 15 is 0 Å². The summed E-state index contributed by atoms with van der Waals surface area (Å²) < 4.78 is 5.30. The number of nitrogens with zero attached hydrogens (tertiary/aromatic N) is 1. The molecule has 0 fully saturated rings. The molecule has 1 aromatic rings. The standard InChI is InChI=1S/C9H11NO2/c1-11-10-8-3-2-4-9-7(8)5-6-12-9/h5-6H,2-4H2,1H3/b10-8-. The van der Waals surface area contributed by atoms with E-state index in [0.717, 1.165) is 36.3 Å². The highest BCUT2D eigenvalue weighted by molar-refractivity contribution is 6.01. The van der Waals surface area contributed by atoms with Gasteiger partial charge in [-0.3, -0.25) is 0 Å². The van der Waals surface area contributed by atoms with Gasteiger partial charge in [0.2, 0.25) is 0 Å². The van der Waals surface area contributed by atoms with Gasteiger partial charge in [0.15, 0.2) is 0 Å². The number of hydrogen-bond acceptors (Lipinski definition) is 3. The SMILES string of the molecule is CO/N=C1/CCCc2occc21. The maximum Gasteiger partial charge on any atom is 0.112 e. The first kappa shape index (κ1) is 7.40. The molecule has 1 aliphatic carbocycles. The van der Waals surface area contributed by atoms with Crippen LogP contribution >= 0.6 is 0 Å². The third kappa shape index (κ3) is 1.11. The number of aryl methyl sites for hydroxylation is 1. The van der Waals surface area contributed by atoms with Gasteiger partial charge in [-0.2, -0.15) is 0 Å². The topological polar surface area (TPSA) is 34.7 Å². The van der Waals surface area contributed by atoms with Gasteiger partial charge in [-0.25, -0.2) is 0 Å². The van der Waals surface area contributed by atoms with E-state index in [1.165, 1.54) is 0 Å². The van der Waals surface area contributed by atoms with Crippen LogP contribution in [0, 0.1) is 0 Å². The van der Waals surface area contributed by atoms with Crippen molar-refractivity contribution in [3.05, 3.63) is 23.7 Å². The summed E-state index contributed by atoms with van der Waals surface area (Å²) in [4.78, 5) is 4.75. The summed E-state index contributed by atoms with van der Waals surface area (Å²) in [5.41, 5.74) is 2.12. The molecule has 1 aliphatic rings. The molecule has 0 N–H and O–H groups in total. The summed E-state index contributed by atoms with van der Waals surface area (Å²) in [7, 11) is 1.57. The summed E-state index contributed by atoms with van der Waals surface area (Å²) in [6.07, 6.45) is 4.81. The van der Waals surface area contributed by atoms with Crippen LogP contribution in [0.15, 0.2) is 21.9 Å². The second-order valence-corrected chi connectivity index (χ2v) is 2.83. The largest absolute Gasteiger partial charge is 0.469 e. The molecule has 0 amide bonds. The highest BCUT2D eigenvalue weighted by Crippen LogP contribution is 2.22. The summed E-state index contributed by atoms with van der Waals surface area (Å²) in [5.74, 6) is 1.04. The van der Waals surface area contributed by atoms with Crippen molar-refractivity contribution in [2.75, 3.05) is 7.11 Å². The molecule has 1 aromatic heterocycles. The fraction of sp³-hybridized carbons (Fsp3) is 0.444. The molecule has 3 heteroatoms. The maximum atomic E-state index is 5.30. The van der Waals surface area contributed by atoms with Crippen molar-refractivity contribution in [1.82, 2.24) is 0 Å². The Balaban J connectivity index is 2.38. The van der Waals surface area contributed by atoms with Crippen LogP contribution in [-0.2, 0) is 11.3 Å². The lowest BCUT2D eigenvalue weighted by molar-refractivity contribution is 0.212. The highest BCUT2D eigenvalue weighted by atomic mass is 16.6. The lowest BCUT2D eigenvalue weighted by Crippen LogP contribution is -2.09. The molecule has 0 atom stereocenters. The van der Waals surface area contributed by atoms with Gasteiger partial charge >= 0.3 is 0 Å². The number of furan rings is 1. The first-order valence-corrected chi connectivity index (χ1v) is 4.08. The lowest BCUT2D eigenvalue weighted by atomic mass is 9.97. The molecule has 0 spiro atoms. The van der Waals surface area contributed by atoms with E-state index in [2.05, 4.69) is 5.16 Å². The van der Waals surface area contributed by atoms with Crippen LogP contribution in [0.3, 0.4) is 0 Å². The smallest absolute Gasteiger partial charge is 0.112 e. The fourth-order valence-electron chi connectivity index (χ4n) is 1.55. The predicted molar refractivity (Wildman–Crippen MR) is 45.2 cm³/mol. The van der Waals surface area contributed by atoms with Crippen molar-refractivity contribution in [2.24, 2.45) is 5.16 Å². The molecule has 0 saturated heterocycles. The normalized spacial score (nSPS) is 19.2. The van der Waals surface area contributed by atoms with Crippen LogP contribution in [0.5, 0.6) is 0 Å². The minimum atomic E-state index is 0.986. The van der Waals surface area contributed by atoms with Gasteiger partial charge in [-0.05, 0) is 18.9 Å². The zero-order chi connectivity index (χ0) is 8.39. The average molecular weight is 165 g/mol. The Hall–Kier alpha value is -1.25. The number of rotatable bonds is 1. The van der Waals surface area contributed by atoms with E-state index in [-0.39, 0.29) is 0 Å². The van der Waals surface area contributed by atoms with Crippen molar-refractivity contribution in [3.8, 4) is 0 Å². The van der Waals surface area contributed by atoms with Crippen LogP contribution in [0.2, 0.25) is 0 Å². The minimum Gasteiger partial charge on any atom is -0.469 e. The van der Waals surface area contributed by atoms with Gasteiger partial charge in [-0.15, -0.1) is 0 Å². The first-order chi connectivity index (χ1) is 5.92. The number of fused-ring (bicyclic) bond motifs is 1. The van der Waals surface area contributed by atoms with Gasteiger partial charge in [0.1, 0.15) is 12.9 Å². The first-order valence-electron chi connectivity index (χ1n) is 4.08. The van der Waals surface area contributed by atoms with Gasteiger partial charge in [0, 0.05) is 12.0 Å². The average Bonchev–Trinajstić information content (AvgIpc) is 2.53. The molecule has 2 rings (SSSR count). The molecule has 12 heavy (non-hydrogen) atoms. The Kier molecular flexibility index (Phi) is 1.86. The van der Waals surface area contributed by atoms with E-state index < -0.39 is 0 Å². The van der Waals surface area contributed by atoms with E-state index in [1.54, 1.807) is 13.4 Å². The summed E-state index contributed by atoms with van der Waals surface area (Å²) in [6.45, 7) is 0. The van der Waals surface area contributed by atoms with Crippen LogP contribution in [0.25, 0.3) is 0 Å². The van der Waals surface area contributed by atoms with E-state index in [9.17, 15) is 0 Å². The predicted octanol–water partition coefficient (Wildman–Crippen LogP) is 1.97. The van der Waals surface area contributed by atoms with Crippen LogP contribution in [0.1, 0.15) is 24.2 Å². The zero-order valence-corrected chi connectivity index (χ0v) is 7.04. The zero-order valence-electron chi connectivity index (χ0n) is 7.04. The van der Waals surface area contributed by atoms with Crippen molar-refractivity contribution in [1.29, 1.82) is 0 Å². The Bertz CT molecular complexity index is 301. The minimum absolute atomic E-state index is 0.986. The van der Waals surface area contributed by atoms with E-state index in [1.807, 2.05) is 6.07 Å². The molecular formula is C9H11NO2. The third-order valence-electron chi connectivity index (χ3n) is 2.08. The van der Waals surface area contributed by atoms with Crippen molar-refractivity contribution in [2.45, 2.75) is 19.3 Å². The second-order valence-electron chi connectivity index (χ2n) is 2.83. The van der Waals surface area contributed by atoms with Crippen molar-refractivity contribution < 1.29 is 9.25 Å². The fourth-order valence-corrected chi connectivity index (χ4v) is 1.55. The molecule has 1 heterocycles. The molecule has 0 radical (unpaired) electrons. The van der Waals surface area contributed by atoms with E-state index in [0.29, 0.717) is 0 Å². The van der Waals surface area contributed by atoms with Gasteiger partial charge < -0.3 is 9.25 Å².